The first-order chi connectivity index (χ1) is 12.5. The molecule has 0 aliphatic carbocycles. The molecule has 1 aromatic heterocycles. The number of carbonyl (C=O) groups is 1. The third-order valence-corrected chi connectivity index (χ3v) is 4.79. The number of rotatable bonds is 5. The van der Waals surface area contributed by atoms with E-state index in [-0.39, 0.29) is 5.91 Å². The molecule has 26 heavy (non-hydrogen) atoms. The first kappa shape index (κ1) is 17.9. The fraction of sp³-hybridized carbons (Fsp3) is 0.273. The number of nitrogens with zero attached hydrogens (tertiary/aromatic N) is 3. The molecule has 0 atom stereocenters. The maximum absolute atomic E-state index is 13.0. The van der Waals surface area contributed by atoms with Crippen LogP contribution in [0.3, 0.4) is 0 Å². The van der Waals surface area contributed by atoms with Crippen molar-refractivity contribution in [2.24, 2.45) is 0 Å². The second-order valence-electron chi connectivity index (χ2n) is 6.78. The Bertz CT molecular complexity index is 912. The van der Waals surface area contributed by atoms with Gasteiger partial charge in [0.2, 0.25) is 0 Å². The van der Waals surface area contributed by atoms with Crippen molar-refractivity contribution < 1.29 is 4.79 Å². The summed E-state index contributed by atoms with van der Waals surface area (Å²) in [4.78, 5) is 14.8. The third kappa shape index (κ3) is 3.69. The lowest BCUT2D eigenvalue weighted by molar-refractivity contribution is 0.0783. The normalized spacial score (nSPS) is 10.8. The van der Waals surface area contributed by atoms with Gasteiger partial charge in [-0.15, -0.1) is 0 Å². The van der Waals surface area contributed by atoms with Gasteiger partial charge in [-0.1, -0.05) is 54.6 Å². The van der Waals surface area contributed by atoms with E-state index in [2.05, 4.69) is 36.3 Å². The fourth-order valence-corrected chi connectivity index (χ4v) is 3.22. The lowest BCUT2D eigenvalue weighted by atomic mass is 10.1. The topological polar surface area (TPSA) is 38.1 Å². The molecule has 0 radical (unpaired) electrons. The molecule has 0 N–H and O–H groups in total. The molecule has 0 aliphatic heterocycles. The number of carbonyl (C=O) groups excluding carboxylic acids is 1. The summed E-state index contributed by atoms with van der Waals surface area (Å²) in [6.45, 7) is 7.21. The first-order valence-electron chi connectivity index (χ1n) is 8.85. The van der Waals surface area contributed by atoms with Crippen molar-refractivity contribution in [2.75, 3.05) is 7.05 Å². The molecule has 3 rings (SSSR count). The highest BCUT2D eigenvalue weighted by molar-refractivity contribution is 5.96. The van der Waals surface area contributed by atoms with Crippen LogP contribution in [0, 0.1) is 20.8 Å². The number of aryl methyl sites for hydroxylation is 2. The van der Waals surface area contributed by atoms with E-state index in [1.165, 1.54) is 11.1 Å². The van der Waals surface area contributed by atoms with Gasteiger partial charge < -0.3 is 4.90 Å². The van der Waals surface area contributed by atoms with Gasteiger partial charge in [-0.2, -0.15) is 5.10 Å². The van der Waals surface area contributed by atoms with Gasteiger partial charge in [-0.05, 0) is 37.5 Å². The Morgan fingerprint density at radius 3 is 2.35 bits per heavy atom. The Kier molecular flexibility index (Phi) is 5.21. The maximum Gasteiger partial charge on any atom is 0.257 e. The number of aromatic nitrogens is 2. The van der Waals surface area contributed by atoms with Crippen molar-refractivity contribution in [3.05, 3.63) is 88.2 Å². The predicted octanol–water partition coefficient (Wildman–Crippen LogP) is 4.13. The van der Waals surface area contributed by atoms with E-state index in [0.717, 1.165) is 17.0 Å². The molecule has 134 valence electrons. The molecule has 1 amide bonds. The highest BCUT2D eigenvalue weighted by Gasteiger charge is 2.22. The van der Waals surface area contributed by atoms with E-state index in [1.807, 2.05) is 55.9 Å². The SMILES string of the molecule is Cc1ccccc1CN(C)C(=O)c1c(C)nn(Cc2ccccc2)c1C. The van der Waals surface area contributed by atoms with Gasteiger partial charge in [-0.3, -0.25) is 9.48 Å². The van der Waals surface area contributed by atoms with Gasteiger partial charge >= 0.3 is 0 Å². The average Bonchev–Trinajstić information content (AvgIpc) is 2.90. The smallest absolute Gasteiger partial charge is 0.257 e. The molecule has 3 aromatic rings. The predicted molar refractivity (Wildman–Crippen MR) is 104 cm³/mol. The Morgan fingerprint density at radius 1 is 1.00 bits per heavy atom. The summed E-state index contributed by atoms with van der Waals surface area (Å²) in [6.07, 6.45) is 0. The van der Waals surface area contributed by atoms with Gasteiger partial charge in [0.05, 0.1) is 17.8 Å². The van der Waals surface area contributed by atoms with Crippen molar-refractivity contribution in [1.82, 2.24) is 14.7 Å². The van der Waals surface area contributed by atoms with Crippen LogP contribution >= 0.6 is 0 Å². The summed E-state index contributed by atoms with van der Waals surface area (Å²) < 4.78 is 1.92. The van der Waals surface area contributed by atoms with E-state index < -0.39 is 0 Å². The molecule has 0 spiro atoms. The molecule has 1 heterocycles. The van der Waals surface area contributed by atoms with Crippen LogP contribution in [-0.4, -0.2) is 27.6 Å². The molecular formula is C22H25N3O. The van der Waals surface area contributed by atoms with Gasteiger partial charge in [0.1, 0.15) is 0 Å². The lowest BCUT2D eigenvalue weighted by Crippen LogP contribution is -2.27. The van der Waals surface area contributed by atoms with Gasteiger partial charge in [-0.25, -0.2) is 0 Å². The van der Waals surface area contributed by atoms with Crippen LogP contribution in [0.4, 0.5) is 0 Å². The molecule has 0 saturated carbocycles. The third-order valence-electron chi connectivity index (χ3n) is 4.79. The van der Waals surface area contributed by atoms with Crippen LogP contribution in [-0.2, 0) is 13.1 Å². The second-order valence-corrected chi connectivity index (χ2v) is 6.78. The quantitative estimate of drug-likeness (QED) is 0.696. The van der Waals surface area contributed by atoms with Crippen LogP contribution in [0.15, 0.2) is 54.6 Å². The zero-order valence-electron chi connectivity index (χ0n) is 15.9. The highest BCUT2D eigenvalue weighted by Crippen LogP contribution is 2.18. The summed E-state index contributed by atoms with van der Waals surface area (Å²) in [5, 5.41) is 4.60. The molecule has 0 bridgehead atoms. The summed E-state index contributed by atoms with van der Waals surface area (Å²) in [7, 11) is 1.85. The average molecular weight is 347 g/mol. The van der Waals surface area contributed by atoms with Crippen LogP contribution in [0.2, 0.25) is 0 Å². The molecule has 0 saturated heterocycles. The van der Waals surface area contributed by atoms with Crippen LogP contribution in [0.1, 0.15) is 38.4 Å². The monoisotopic (exact) mass is 347 g/mol. The van der Waals surface area contributed by atoms with E-state index >= 15 is 0 Å². The Hall–Kier alpha value is -2.88. The van der Waals surface area contributed by atoms with Crippen molar-refractivity contribution in [3.63, 3.8) is 0 Å². The Morgan fingerprint density at radius 2 is 1.65 bits per heavy atom. The van der Waals surface area contributed by atoms with Crippen molar-refractivity contribution in [1.29, 1.82) is 0 Å². The minimum atomic E-state index is 0.0163. The van der Waals surface area contributed by atoms with Crippen molar-refractivity contribution in [3.8, 4) is 0 Å². The standard InChI is InChI=1S/C22H25N3O/c1-16-10-8-9-13-20(16)15-24(4)22(26)21-17(2)23-25(18(21)3)14-19-11-6-5-7-12-19/h5-13H,14-15H2,1-4H3. The number of benzene rings is 2. The minimum absolute atomic E-state index is 0.0163. The first-order valence-corrected chi connectivity index (χ1v) is 8.85. The molecule has 4 nitrogen and oxygen atoms in total. The number of amides is 1. The fourth-order valence-electron chi connectivity index (χ4n) is 3.22. The molecule has 0 unspecified atom stereocenters. The molecule has 4 heteroatoms. The van der Waals surface area contributed by atoms with Crippen LogP contribution < -0.4 is 0 Å². The molecule has 0 aliphatic rings. The number of hydrogen-bond acceptors (Lipinski definition) is 2. The summed E-state index contributed by atoms with van der Waals surface area (Å²) >= 11 is 0. The zero-order valence-corrected chi connectivity index (χ0v) is 15.9. The van der Waals surface area contributed by atoms with Gasteiger partial charge in [0.25, 0.3) is 5.91 Å². The second kappa shape index (κ2) is 7.56. The summed E-state index contributed by atoms with van der Waals surface area (Å²) in [5.74, 6) is 0.0163. The van der Waals surface area contributed by atoms with E-state index in [9.17, 15) is 4.79 Å². The molecule has 2 aromatic carbocycles. The van der Waals surface area contributed by atoms with Gasteiger partial charge in [0.15, 0.2) is 0 Å². The zero-order chi connectivity index (χ0) is 18.7. The van der Waals surface area contributed by atoms with Crippen molar-refractivity contribution in [2.45, 2.75) is 33.9 Å². The lowest BCUT2D eigenvalue weighted by Gasteiger charge is -2.19. The minimum Gasteiger partial charge on any atom is -0.337 e. The largest absolute Gasteiger partial charge is 0.337 e. The van der Waals surface area contributed by atoms with Crippen LogP contribution in [0.25, 0.3) is 0 Å². The van der Waals surface area contributed by atoms with Crippen molar-refractivity contribution >= 4 is 5.91 Å². The highest BCUT2D eigenvalue weighted by atomic mass is 16.2. The molecular weight excluding hydrogens is 322 g/mol. The van der Waals surface area contributed by atoms with E-state index in [4.69, 9.17) is 0 Å². The molecule has 0 fully saturated rings. The van der Waals surface area contributed by atoms with E-state index in [0.29, 0.717) is 18.7 Å². The Balaban J connectivity index is 1.82. The van der Waals surface area contributed by atoms with Gasteiger partial charge in [0, 0.05) is 19.3 Å². The van der Waals surface area contributed by atoms with E-state index in [1.54, 1.807) is 4.90 Å². The Labute approximate surface area is 155 Å². The van der Waals surface area contributed by atoms with Crippen LogP contribution in [0.5, 0.6) is 0 Å². The summed E-state index contributed by atoms with van der Waals surface area (Å²) in [6, 6.07) is 18.3. The number of hydrogen-bond donors (Lipinski definition) is 0. The maximum atomic E-state index is 13.0. The summed E-state index contributed by atoms with van der Waals surface area (Å²) in [5.41, 5.74) is 5.92.